The first-order valence-electron chi connectivity index (χ1n) is 9.60. The van der Waals surface area contributed by atoms with Gasteiger partial charge in [-0.2, -0.15) is 0 Å². The van der Waals surface area contributed by atoms with Gasteiger partial charge in [0.1, 0.15) is 23.2 Å². The second kappa shape index (κ2) is 8.09. The monoisotopic (exact) mass is 384 g/mol. The van der Waals surface area contributed by atoms with Crippen LogP contribution in [0.1, 0.15) is 57.7 Å². The third-order valence-corrected chi connectivity index (χ3v) is 4.71. The molecule has 1 aromatic carbocycles. The average Bonchev–Trinajstić information content (AvgIpc) is 2.59. The molecule has 0 spiro atoms. The van der Waals surface area contributed by atoms with Crippen LogP contribution in [0.2, 0.25) is 0 Å². The van der Waals surface area contributed by atoms with Gasteiger partial charge in [-0.25, -0.2) is 4.79 Å². The van der Waals surface area contributed by atoms with Gasteiger partial charge in [-0.15, -0.1) is 0 Å². The van der Waals surface area contributed by atoms with Gasteiger partial charge in [-0.1, -0.05) is 19.1 Å². The highest BCUT2D eigenvalue weighted by Gasteiger charge is 2.33. The minimum Gasteiger partial charge on any atom is -0.508 e. The molecular weight excluding hydrogens is 356 g/mol. The molecule has 1 heterocycles. The van der Waals surface area contributed by atoms with Crippen molar-refractivity contribution in [2.45, 2.75) is 64.2 Å². The van der Waals surface area contributed by atoms with E-state index in [4.69, 9.17) is 9.47 Å². The van der Waals surface area contributed by atoms with Crippen molar-refractivity contribution >= 4 is 6.09 Å². The van der Waals surface area contributed by atoms with E-state index < -0.39 is 5.60 Å². The minimum atomic E-state index is -0.492. The normalized spacial score (nSPS) is 20.0. The van der Waals surface area contributed by atoms with Crippen molar-refractivity contribution in [3.8, 4) is 11.5 Å². The average molecular weight is 384 g/mol. The molecule has 1 atom stereocenters. The second-order valence-corrected chi connectivity index (χ2v) is 8.29. The molecule has 1 saturated carbocycles. The summed E-state index contributed by atoms with van der Waals surface area (Å²) in [4.78, 5) is 16.3. The molecule has 0 aliphatic heterocycles. The summed E-state index contributed by atoms with van der Waals surface area (Å²) in [7, 11) is 0. The largest absolute Gasteiger partial charge is 0.508 e. The topological polar surface area (TPSA) is 80.7 Å². The Morgan fingerprint density at radius 3 is 2.43 bits per heavy atom. The number of amides is 1. The van der Waals surface area contributed by atoms with Gasteiger partial charge >= 0.3 is 6.09 Å². The maximum atomic E-state index is 11.8. The Bertz CT molecular complexity index is 791. The molecule has 1 aliphatic rings. The van der Waals surface area contributed by atoms with Crippen LogP contribution < -0.4 is 10.1 Å². The summed E-state index contributed by atoms with van der Waals surface area (Å²) in [5, 5.41) is 12.3. The van der Waals surface area contributed by atoms with Crippen LogP contribution in [0.4, 0.5) is 4.79 Å². The number of pyridine rings is 1. The molecule has 1 aliphatic carbocycles. The van der Waals surface area contributed by atoms with Gasteiger partial charge in [0, 0.05) is 30.5 Å². The zero-order valence-electron chi connectivity index (χ0n) is 16.8. The lowest BCUT2D eigenvalue weighted by Crippen LogP contribution is -2.50. The zero-order valence-corrected chi connectivity index (χ0v) is 16.8. The van der Waals surface area contributed by atoms with Gasteiger partial charge in [0.25, 0.3) is 0 Å². The van der Waals surface area contributed by atoms with E-state index in [9.17, 15) is 9.90 Å². The third-order valence-electron chi connectivity index (χ3n) is 4.71. The summed E-state index contributed by atoms with van der Waals surface area (Å²) in [6.07, 6.45) is 2.93. The van der Waals surface area contributed by atoms with Gasteiger partial charge in [0.15, 0.2) is 0 Å². The van der Waals surface area contributed by atoms with Crippen molar-refractivity contribution in [1.29, 1.82) is 0 Å². The predicted molar refractivity (Wildman–Crippen MR) is 107 cm³/mol. The number of rotatable bonds is 5. The number of nitrogens with zero attached hydrogens (tertiary/aromatic N) is 1. The van der Waals surface area contributed by atoms with Crippen molar-refractivity contribution in [3.63, 3.8) is 0 Å². The third kappa shape index (κ3) is 5.38. The summed E-state index contributed by atoms with van der Waals surface area (Å²) < 4.78 is 11.2. The molecule has 1 unspecified atom stereocenters. The molecule has 0 radical (unpaired) electrons. The van der Waals surface area contributed by atoms with Crippen LogP contribution in [0.25, 0.3) is 0 Å². The van der Waals surface area contributed by atoms with Crippen LogP contribution in [0.3, 0.4) is 0 Å². The van der Waals surface area contributed by atoms with E-state index in [1.807, 2.05) is 45.0 Å². The molecule has 1 amide bonds. The van der Waals surface area contributed by atoms with Crippen LogP contribution >= 0.6 is 0 Å². The number of hydrogen-bond donors (Lipinski definition) is 2. The summed E-state index contributed by atoms with van der Waals surface area (Å²) >= 11 is 0. The minimum absolute atomic E-state index is 0.0714. The fraction of sp³-hybridized carbons (Fsp3) is 0.455. The van der Waals surface area contributed by atoms with Crippen molar-refractivity contribution < 1.29 is 19.4 Å². The second-order valence-electron chi connectivity index (χ2n) is 8.29. The zero-order chi connectivity index (χ0) is 20.3. The lowest BCUT2D eigenvalue weighted by Gasteiger charge is -2.36. The van der Waals surface area contributed by atoms with Crippen molar-refractivity contribution in [2.24, 2.45) is 0 Å². The number of carbonyl (C=O) groups excluding carboxylic acids is 1. The fourth-order valence-corrected chi connectivity index (χ4v) is 3.10. The molecule has 0 saturated heterocycles. The van der Waals surface area contributed by atoms with Gasteiger partial charge < -0.3 is 19.9 Å². The Labute approximate surface area is 165 Å². The van der Waals surface area contributed by atoms with Crippen molar-refractivity contribution in [1.82, 2.24) is 10.3 Å². The van der Waals surface area contributed by atoms with Gasteiger partial charge in [0.05, 0.1) is 6.20 Å². The molecule has 1 fully saturated rings. The molecule has 6 nitrogen and oxygen atoms in total. The van der Waals surface area contributed by atoms with Crippen molar-refractivity contribution in [3.05, 3.63) is 53.9 Å². The number of carbonyl (C=O) groups is 1. The molecule has 1 aromatic heterocycles. The number of alkyl carbamates (subject to hydrolysis) is 1. The number of phenols is 1. The first-order valence-corrected chi connectivity index (χ1v) is 9.60. The molecule has 0 bridgehead atoms. The Morgan fingerprint density at radius 1 is 1.18 bits per heavy atom. The van der Waals surface area contributed by atoms with E-state index in [-0.39, 0.29) is 29.9 Å². The summed E-state index contributed by atoms with van der Waals surface area (Å²) in [5.74, 6) is 1.11. The smallest absolute Gasteiger partial charge is 0.407 e. The van der Waals surface area contributed by atoms with Crippen LogP contribution in [-0.4, -0.2) is 33.9 Å². The molecular formula is C22H28N2O4. The van der Waals surface area contributed by atoms with E-state index in [0.717, 1.165) is 29.8 Å². The van der Waals surface area contributed by atoms with Crippen LogP contribution in [-0.2, 0) is 4.74 Å². The van der Waals surface area contributed by atoms with E-state index in [2.05, 4.69) is 17.2 Å². The lowest BCUT2D eigenvalue weighted by atomic mass is 9.89. The first kappa shape index (κ1) is 20.0. The van der Waals surface area contributed by atoms with Crippen molar-refractivity contribution in [2.75, 3.05) is 0 Å². The highest BCUT2D eigenvalue weighted by atomic mass is 16.6. The Balaban J connectivity index is 1.47. The van der Waals surface area contributed by atoms with E-state index in [0.29, 0.717) is 0 Å². The number of hydrogen-bond acceptors (Lipinski definition) is 5. The highest BCUT2D eigenvalue weighted by molar-refractivity contribution is 5.68. The number of ether oxygens (including phenoxy) is 2. The predicted octanol–water partition coefficient (Wildman–Crippen LogP) is 4.37. The molecule has 6 heteroatoms. The fourth-order valence-electron chi connectivity index (χ4n) is 3.10. The Morgan fingerprint density at radius 2 is 1.86 bits per heavy atom. The van der Waals surface area contributed by atoms with Crippen LogP contribution in [0.5, 0.6) is 11.5 Å². The maximum absolute atomic E-state index is 11.8. The van der Waals surface area contributed by atoms with E-state index in [1.165, 1.54) is 0 Å². The number of phenolic OH excluding ortho intramolecular Hbond substituents is 1. The van der Waals surface area contributed by atoms with Crippen LogP contribution in [0, 0.1) is 0 Å². The quantitative estimate of drug-likeness (QED) is 0.800. The Kier molecular flexibility index (Phi) is 5.77. The number of benzene rings is 1. The number of aromatic nitrogens is 1. The molecule has 2 aromatic rings. The van der Waals surface area contributed by atoms with E-state index in [1.54, 1.807) is 18.3 Å². The molecule has 2 N–H and O–H groups in total. The lowest BCUT2D eigenvalue weighted by molar-refractivity contribution is 0.0362. The highest BCUT2D eigenvalue weighted by Crippen LogP contribution is 2.28. The summed E-state index contributed by atoms with van der Waals surface area (Å²) in [6.45, 7) is 7.61. The molecule has 28 heavy (non-hydrogen) atoms. The summed E-state index contributed by atoms with van der Waals surface area (Å²) in [6, 6.07) is 11.1. The number of aromatic hydroxyl groups is 1. The standard InChI is InChI=1S/C22H28N2O4/c1-14(15-5-7-17(25)8-6-15)20-10-9-18(13-23-20)27-19-11-16(12-19)24-21(26)28-22(2,3)4/h5-10,13-14,16,19,25H,11-12H2,1-4H3,(H,24,26)/t14?,16-,19-. The van der Waals surface area contributed by atoms with Gasteiger partial charge in [-0.3, -0.25) is 4.98 Å². The Hall–Kier alpha value is -2.76. The SMILES string of the molecule is CC(c1ccc(O)cc1)c1ccc(O[C@H]2C[C@H](NC(=O)OC(C)(C)C)C2)cn1. The van der Waals surface area contributed by atoms with E-state index >= 15 is 0 Å². The van der Waals surface area contributed by atoms with Gasteiger partial charge in [-0.05, 0) is 50.6 Å². The van der Waals surface area contributed by atoms with Gasteiger partial charge in [0.2, 0.25) is 0 Å². The number of nitrogens with one attached hydrogen (secondary N) is 1. The summed E-state index contributed by atoms with van der Waals surface area (Å²) in [5.41, 5.74) is 1.54. The molecule has 3 rings (SSSR count). The van der Waals surface area contributed by atoms with Crippen LogP contribution in [0.15, 0.2) is 42.6 Å². The maximum Gasteiger partial charge on any atom is 0.407 e. The first-order chi connectivity index (χ1) is 13.2. The molecule has 150 valence electrons.